The summed E-state index contributed by atoms with van der Waals surface area (Å²) in [6.45, 7) is 7.14. The molecule has 0 bridgehead atoms. The number of aromatic hydroxyl groups is 1. The van der Waals surface area contributed by atoms with E-state index < -0.39 is 41.8 Å². The normalized spacial score (nSPS) is 14.7. The lowest BCUT2D eigenvalue weighted by atomic mass is 9.98. The van der Waals surface area contributed by atoms with Gasteiger partial charge in [0.25, 0.3) is 0 Å². The van der Waals surface area contributed by atoms with Gasteiger partial charge in [0.15, 0.2) is 0 Å². The average Bonchev–Trinajstić information content (AvgIpc) is 3.24. The summed E-state index contributed by atoms with van der Waals surface area (Å²) in [6.07, 6.45) is -1.64. The molecule has 3 aromatic carbocycles. The number of phenolic OH excluding ortho intramolecular Hbond substituents is 1. The van der Waals surface area contributed by atoms with Crippen molar-refractivity contribution in [3.05, 3.63) is 89.5 Å². The van der Waals surface area contributed by atoms with Crippen molar-refractivity contribution in [3.63, 3.8) is 0 Å². The van der Waals surface area contributed by atoms with Gasteiger partial charge in [-0.1, -0.05) is 60.7 Å². The fraction of sp³-hybridized carbons (Fsp3) is 0.344. The van der Waals surface area contributed by atoms with E-state index in [9.17, 15) is 24.6 Å². The number of hydrogen-bond acceptors (Lipinski definition) is 6. The molecule has 4 rings (SSSR count). The second-order valence-electron chi connectivity index (χ2n) is 11.2. The molecule has 0 saturated heterocycles. The minimum atomic E-state index is -1.28. The number of alkyl carbamates (subject to hydrolysis) is 1. The molecule has 0 fully saturated rings. The molecule has 3 aromatic rings. The fourth-order valence-corrected chi connectivity index (χ4v) is 5.12. The van der Waals surface area contributed by atoms with Crippen LogP contribution in [0.5, 0.6) is 5.75 Å². The molecule has 0 radical (unpaired) electrons. The molecule has 3 atom stereocenters. The summed E-state index contributed by atoms with van der Waals surface area (Å²) in [6, 6.07) is 19.5. The zero-order valence-corrected chi connectivity index (χ0v) is 23.6. The first-order chi connectivity index (χ1) is 19.4. The topological polar surface area (TPSA) is 134 Å². The minimum Gasteiger partial charge on any atom is -0.508 e. The first-order valence-corrected chi connectivity index (χ1v) is 13.5. The summed E-state index contributed by atoms with van der Waals surface area (Å²) in [5.74, 6) is -2.08. The smallest absolute Gasteiger partial charge is 0.407 e. The summed E-state index contributed by atoms with van der Waals surface area (Å²) in [7, 11) is 0. The Hall–Kier alpha value is -4.37. The van der Waals surface area contributed by atoms with Crippen molar-refractivity contribution in [1.29, 1.82) is 0 Å². The Morgan fingerprint density at radius 2 is 1.44 bits per heavy atom. The highest BCUT2D eigenvalue weighted by atomic mass is 16.6. The van der Waals surface area contributed by atoms with Crippen LogP contribution in [0.1, 0.15) is 50.3 Å². The van der Waals surface area contributed by atoms with Crippen molar-refractivity contribution in [2.24, 2.45) is 0 Å². The van der Waals surface area contributed by atoms with Crippen LogP contribution in [-0.2, 0) is 25.5 Å². The van der Waals surface area contributed by atoms with Gasteiger partial charge in [0.1, 0.15) is 24.4 Å². The van der Waals surface area contributed by atoms with Crippen molar-refractivity contribution in [2.45, 2.75) is 63.8 Å². The van der Waals surface area contributed by atoms with Gasteiger partial charge in [-0.05, 0) is 67.6 Å². The number of benzene rings is 3. The molecule has 216 valence electrons. The maximum atomic E-state index is 13.4. The van der Waals surface area contributed by atoms with Crippen LogP contribution in [0.2, 0.25) is 0 Å². The zero-order valence-electron chi connectivity index (χ0n) is 23.6. The Balaban J connectivity index is 1.47. The number of hydrogen-bond donors (Lipinski definition) is 4. The summed E-state index contributed by atoms with van der Waals surface area (Å²) in [5.41, 5.74) is 4.26. The standard InChI is InChI=1S/C32H36N2O7/c1-19(41-32(2,3)4)28(29(36)33-27(30(37)38)17-20-13-15-21(35)16-14-20)34-31(39)40-18-26-24-11-7-5-9-22(24)23-10-6-8-12-25(23)26/h5-16,19,26-28,35H,17-18H2,1-4H3,(H,33,36)(H,34,39)(H,37,38)/t19-,27+,28+/m1/s1. The largest absolute Gasteiger partial charge is 0.508 e. The van der Waals surface area contributed by atoms with Gasteiger partial charge in [0, 0.05) is 12.3 Å². The van der Waals surface area contributed by atoms with E-state index in [4.69, 9.17) is 9.47 Å². The van der Waals surface area contributed by atoms with Crippen molar-refractivity contribution in [2.75, 3.05) is 6.61 Å². The Labute approximate surface area is 239 Å². The number of nitrogens with one attached hydrogen (secondary N) is 2. The maximum Gasteiger partial charge on any atom is 0.407 e. The highest BCUT2D eigenvalue weighted by Crippen LogP contribution is 2.44. The molecule has 1 aliphatic rings. The molecule has 2 amide bonds. The Kier molecular flexibility index (Phi) is 8.98. The predicted molar refractivity (Wildman–Crippen MR) is 154 cm³/mol. The van der Waals surface area contributed by atoms with Crippen LogP contribution in [0.4, 0.5) is 4.79 Å². The van der Waals surface area contributed by atoms with E-state index in [1.807, 2.05) is 69.3 Å². The molecule has 0 spiro atoms. The van der Waals surface area contributed by atoms with Gasteiger partial charge in [0.05, 0.1) is 11.7 Å². The molecule has 41 heavy (non-hydrogen) atoms. The molecule has 4 N–H and O–H groups in total. The Morgan fingerprint density at radius 1 is 0.878 bits per heavy atom. The van der Waals surface area contributed by atoms with Crippen LogP contribution in [0, 0.1) is 0 Å². The van der Waals surface area contributed by atoms with Gasteiger partial charge in [-0.25, -0.2) is 9.59 Å². The second-order valence-corrected chi connectivity index (χ2v) is 11.2. The molecule has 0 heterocycles. The van der Waals surface area contributed by atoms with Crippen LogP contribution < -0.4 is 10.6 Å². The molecular formula is C32H36N2O7. The zero-order chi connectivity index (χ0) is 29.7. The SMILES string of the molecule is C[C@@H](OC(C)(C)C)[C@H](NC(=O)OCC1c2ccccc2-c2ccccc21)C(=O)N[C@@H](Cc1ccc(O)cc1)C(=O)O. The first kappa shape index (κ1) is 29.6. The number of rotatable bonds is 10. The lowest BCUT2D eigenvalue weighted by molar-refractivity contribution is -0.143. The molecule has 0 aromatic heterocycles. The number of carboxylic acid groups (broad SMARTS) is 1. The van der Waals surface area contributed by atoms with Gasteiger partial charge in [-0.2, -0.15) is 0 Å². The molecule has 0 saturated carbocycles. The third-order valence-corrected chi connectivity index (χ3v) is 6.90. The lowest BCUT2D eigenvalue weighted by Crippen LogP contribution is -2.57. The van der Waals surface area contributed by atoms with Gasteiger partial charge in [0.2, 0.25) is 5.91 Å². The Bertz CT molecular complexity index is 1350. The minimum absolute atomic E-state index is 0.0203. The third kappa shape index (κ3) is 7.43. The summed E-state index contributed by atoms with van der Waals surface area (Å²) >= 11 is 0. The number of carbonyl (C=O) groups excluding carboxylic acids is 2. The van der Waals surface area contributed by atoms with E-state index in [1.165, 1.54) is 12.1 Å². The number of carboxylic acids is 1. The van der Waals surface area contributed by atoms with Crippen LogP contribution >= 0.6 is 0 Å². The van der Waals surface area contributed by atoms with Gasteiger partial charge in [-0.15, -0.1) is 0 Å². The van der Waals surface area contributed by atoms with Gasteiger partial charge < -0.3 is 30.3 Å². The van der Waals surface area contributed by atoms with Crippen molar-refractivity contribution < 1.29 is 34.1 Å². The van der Waals surface area contributed by atoms with Crippen LogP contribution in [-0.4, -0.2) is 58.6 Å². The highest BCUT2D eigenvalue weighted by Gasteiger charge is 2.35. The van der Waals surface area contributed by atoms with E-state index in [2.05, 4.69) is 10.6 Å². The molecule has 1 aliphatic carbocycles. The van der Waals surface area contributed by atoms with Crippen molar-refractivity contribution >= 4 is 18.0 Å². The molecule has 0 unspecified atom stereocenters. The Morgan fingerprint density at radius 3 is 1.98 bits per heavy atom. The number of phenols is 1. The molecule has 9 heteroatoms. The second kappa shape index (κ2) is 12.4. The molecule has 0 aliphatic heterocycles. The number of aliphatic carboxylic acids is 1. The highest BCUT2D eigenvalue weighted by molar-refractivity contribution is 5.90. The van der Waals surface area contributed by atoms with Crippen LogP contribution in [0.25, 0.3) is 11.1 Å². The maximum absolute atomic E-state index is 13.4. The van der Waals surface area contributed by atoms with E-state index in [-0.39, 0.29) is 24.7 Å². The fourth-order valence-electron chi connectivity index (χ4n) is 5.12. The van der Waals surface area contributed by atoms with Crippen LogP contribution in [0.3, 0.4) is 0 Å². The quantitative estimate of drug-likeness (QED) is 0.284. The number of ether oxygens (including phenoxy) is 2. The predicted octanol–water partition coefficient (Wildman–Crippen LogP) is 4.62. The number of carbonyl (C=O) groups is 3. The molecule has 9 nitrogen and oxygen atoms in total. The monoisotopic (exact) mass is 560 g/mol. The third-order valence-electron chi connectivity index (χ3n) is 6.90. The summed E-state index contributed by atoms with van der Waals surface area (Å²) in [4.78, 5) is 38.4. The average molecular weight is 561 g/mol. The van der Waals surface area contributed by atoms with Gasteiger partial charge >= 0.3 is 12.1 Å². The van der Waals surface area contributed by atoms with E-state index in [0.29, 0.717) is 5.56 Å². The number of amides is 2. The summed E-state index contributed by atoms with van der Waals surface area (Å²) in [5, 5.41) is 24.4. The lowest BCUT2D eigenvalue weighted by Gasteiger charge is -2.31. The number of fused-ring (bicyclic) bond motifs is 3. The van der Waals surface area contributed by atoms with Crippen molar-refractivity contribution in [3.8, 4) is 16.9 Å². The first-order valence-electron chi connectivity index (χ1n) is 13.5. The molecular weight excluding hydrogens is 524 g/mol. The van der Waals surface area contributed by atoms with Gasteiger partial charge in [-0.3, -0.25) is 4.79 Å². The summed E-state index contributed by atoms with van der Waals surface area (Å²) < 4.78 is 11.6. The van der Waals surface area contributed by atoms with E-state index in [0.717, 1.165) is 22.3 Å². The van der Waals surface area contributed by atoms with E-state index in [1.54, 1.807) is 19.1 Å². The van der Waals surface area contributed by atoms with E-state index >= 15 is 0 Å². The van der Waals surface area contributed by atoms with Crippen LogP contribution in [0.15, 0.2) is 72.8 Å². The van der Waals surface area contributed by atoms with Crippen molar-refractivity contribution in [1.82, 2.24) is 10.6 Å².